The highest BCUT2D eigenvalue weighted by atomic mass is 14.7. The summed E-state index contributed by atoms with van der Waals surface area (Å²) in [6.07, 6.45) is 8.02. The van der Waals surface area contributed by atoms with Crippen LogP contribution in [0, 0.1) is 17.3 Å². The summed E-state index contributed by atoms with van der Waals surface area (Å²) < 4.78 is 0. The number of hydrogen-bond acceptors (Lipinski definition) is 0. The predicted octanol–water partition coefficient (Wildman–Crippen LogP) is 2.20. The van der Waals surface area contributed by atoms with E-state index >= 15 is 0 Å². The van der Waals surface area contributed by atoms with Gasteiger partial charge in [0.25, 0.3) is 0 Å². The van der Waals surface area contributed by atoms with E-state index in [2.05, 4.69) is 0 Å². The quantitative estimate of drug-likeness (QED) is 0.446. The van der Waals surface area contributed by atoms with E-state index in [4.69, 9.17) is 0 Å². The molecular weight excluding hydrogens is 96.1 g/mol. The summed E-state index contributed by atoms with van der Waals surface area (Å²) >= 11 is 0. The summed E-state index contributed by atoms with van der Waals surface area (Å²) in [7, 11) is 0. The van der Waals surface area contributed by atoms with Crippen LogP contribution in [0.1, 0.15) is 32.1 Å². The third-order valence-electron chi connectivity index (χ3n) is 3.67. The molecule has 0 amide bonds. The van der Waals surface area contributed by atoms with Crippen LogP contribution >= 0.6 is 0 Å². The van der Waals surface area contributed by atoms with E-state index in [-0.39, 0.29) is 0 Å². The van der Waals surface area contributed by atoms with Gasteiger partial charge >= 0.3 is 0 Å². The van der Waals surface area contributed by atoms with Crippen molar-refractivity contribution in [2.45, 2.75) is 32.1 Å². The molecule has 1 unspecified atom stereocenters. The van der Waals surface area contributed by atoms with Gasteiger partial charge in [0.2, 0.25) is 0 Å². The van der Waals surface area contributed by atoms with Crippen molar-refractivity contribution in [3.05, 3.63) is 0 Å². The van der Waals surface area contributed by atoms with E-state index < -0.39 is 0 Å². The minimum absolute atomic E-state index is 0.989. The van der Waals surface area contributed by atoms with Gasteiger partial charge in [0.15, 0.2) is 0 Å². The minimum Gasteiger partial charge on any atom is -0.0501 e. The van der Waals surface area contributed by atoms with Crippen LogP contribution in [0.5, 0.6) is 0 Å². The van der Waals surface area contributed by atoms with E-state index in [1.54, 1.807) is 32.1 Å². The average Bonchev–Trinajstić information content (AvgIpc) is 2.34. The number of hydrogen-bond donors (Lipinski definition) is 0. The Labute approximate surface area is 50.3 Å². The Balaban J connectivity index is 1.97. The first-order chi connectivity index (χ1) is 3.89. The summed E-state index contributed by atoms with van der Waals surface area (Å²) in [4.78, 5) is 0. The molecule has 2 bridgehead atoms. The van der Waals surface area contributed by atoms with Crippen LogP contribution in [0.4, 0.5) is 0 Å². The molecule has 1 atom stereocenters. The molecule has 0 nitrogen and oxygen atoms in total. The molecule has 0 heteroatoms. The molecule has 4 rings (SSSR count). The van der Waals surface area contributed by atoms with Gasteiger partial charge < -0.3 is 0 Å². The highest BCUT2D eigenvalue weighted by Crippen LogP contribution is 2.73. The molecule has 1 spiro atoms. The summed E-state index contributed by atoms with van der Waals surface area (Å²) in [6.45, 7) is 0. The Morgan fingerprint density at radius 1 is 1.00 bits per heavy atom. The van der Waals surface area contributed by atoms with Crippen LogP contribution < -0.4 is 0 Å². The standard InChI is InChI=1S/C8H12/c1-2-7-5-8(7)3-6(1)4-8/h6-7H,1-5H2. The minimum atomic E-state index is 0.989. The zero-order valence-electron chi connectivity index (χ0n) is 5.19. The Kier molecular flexibility index (Phi) is 0.427. The summed E-state index contributed by atoms with van der Waals surface area (Å²) in [5, 5.41) is 0. The zero-order chi connectivity index (χ0) is 5.19. The van der Waals surface area contributed by atoms with Gasteiger partial charge in [-0.15, -0.1) is 0 Å². The Morgan fingerprint density at radius 2 is 1.88 bits per heavy atom. The third kappa shape index (κ3) is 0.260. The van der Waals surface area contributed by atoms with Crippen LogP contribution in [0.2, 0.25) is 0 Å². The fourth-order valence-electron chi connectivity index (χ4n) is 3.07. The van der Waals surface area contributed by atoms with Gasteiger partial charge in [-0.25, -0.2) is 0 Å². The highest BCUT2D eigenvalue weighted by Gasteiger charge is 2.63. The summed E-state index contributed by atoms with van der Waals surface area (Å²) in [6, 6.07) is 0. The number of fused-ring (bicyclic) bond motifs is 1. The van der Waals surface area contributed by atoms with Gasteiger partial charge in [0.05, 0.1) is 0 Å². The molecule has 0 N–H and O–H groups in total. The van der Waals surface area contributed by atoms with Gasteiger partial charge in [-0.05, 0) is 42.9 Å². The maximum atomic E-state index is 1.62. The second kappa shape index (κ2) is 0.872. The predicted molar refractivity (Wildman–Crippen MR) is 32.5 cm³/mol. The lowest BCUT2D eigenvalue weighted by atomic mass is 9.64. The molecular formula is C8H12. The molecule has 4 aliphatic rings. The Hall–Kier alpha value is 0. The monoisotopic (exact) mass is 108 g/mol. The van der Waals surface area contributed by atoms with E-state index in [0.29, 0.717) is 0 Å². The first-order valence-electron chi connectivity index (χ1n) is 3.89. The largest absolute Gasteiger partial charge is 0.0501 e. The van der Waals surface area contributed by atoms with Crippen LogP contribution in [0.25, 0.3) is 0 Å². The van der Waals surface area contributed by atoms with Gasteiger partial charge in [-0.3, -0.25) is 0 Å². The molecule has 44 valence electrons. The first-order valence-corrected chi connectivity index (χ1v) is 3.89. The normalized spacial score (nSPS) is 66.0. The first kappa shape index (κ1) is 3.92. The summed E-state index contributed by atoms with van der Waals surface area (Å²) in [5.74, 6) is 2.40. The second-order valence-electron chi connectivity index (χ2n) is 4.12. The lowest BCUT2D eigenvalue weighted by Crippen LogP contribution is -2.30. The van der Waals surface area contributed by atoms with Crippen LogP contribution in [-0.2, 0) is 0 Å². The average molecular weight is 108 g/mol. The lowest BCUT2D eigenvalue weighted by molar-refractivity contribution is 0.0941. The molecule has 4 saturated carbocycles. The van der Waals surface area contributed by atoms with Crippen molar-refractivity contribution in [3.63, 3.8) is 0 Å². The maximum absolute atomic E-state index is 1.62. The fraction of sp³-hybridized carbons (Fsp3) is 1.00. The van der Waals surface area contributed by atoms with E-state index in [9.17, 15) is 0 Å². The van der Waals surface area contributed by atoms with E-state index in [1.165, 1.54) is 11.8 Å². The molecule has 0 aromatic carbocycles. The zero-order valence-corrected chi connectivity index (χ0v) is 5.19. The van der Waals surface area contributed by atoms with Crippen LogP contribution in [0.15, 0.2) is 0 Å². The molecule has 0 radical (unpaired) electrons. The van der Waals surface area contributed by atoms with Crippen molar-refractivity contribution in [3.8, 4) is 0 Å². The molecule has 0 heterocycles. The third-order valence-corrected chi connectivity index (χ3v) is 3.67. The van der Waals surface area contributed by atoms with Crippen molar-refractivity contribution in [1.82, 2.24) is 0 Å². The molecule has 8 heavy (non-hydrogen) atoms. The summed E-state index contributed by atoms with van der Waals surface area (Å²) in [5.41, 5.74) is 0.989. The van der Waals surface area contributed by atoms with Gasteiger partial charge in [0, 0.05) is 0 Å². The van der Waals surface area contributed by atoms with Gasteiger partial charge in [0.1, 0.15) is 0 Å². The molecule has 0 aromatic heterocycles. The van der Waals surface area contributed by atoms with Crippen molar-refractivity contribution in [2.24, 2.45) is 17.3 Å². The molecule has 0 saturated heterocycles. The lowest BCUT2D eigenvalue weighted by Gasteiger charge is -2.41. The fourth-order valence-corrected chi connectivity index (χ4v) is 3.07. The Morgan fingerprint density at radius 3 is 2.38 bits per heavy atom. The topological polar surface area (TPSA) is 0 Å². The molecule has 0 aliphatic heterocycles. The SMILES string of the molecule is C1CC2CC23CC1C3. The van der Waals surface area contributed by atoms with Crippen molar-refractivity contribution >= 4 is 0 Å². The van der Waals surface area contributed by atoms with E-state index in [1.807, 2.05) is 0 Å². The van der Waals surface area contributed by atoms with Gasteiger partial charge in [-0.2, -0.15) is 0 Å². The number of rotatable bonds is 0. The van der Waals surface area contributed by atoms with Crippen LogP contribution in [0.3, 0.4) is 0 Å². The Bertz CT molecular complexity index is 129. The second-order valence-corrected chi connectivity index (χ2v) is 4.12. The van der Waals surface area contributed by atoms with Crippen molar-refractivity contribution in [2.75, 3.05) is 0 Å². The van der Waals surface area contributed by atoms with Crippen molar-refractivity contribution < 1.29 is 0 Å². The van der Waals surface area contributed by atoms with Crippen LogP contribution in [-0.4, -0.2) is 0 Å². The smallest absolute Gasteiger partial charge is 0.0261 e. The highest BCUT2D eigenvalue weighted by molar-refractivity contribution is 5.13. The molecule has 0 aromatic rings. The van der Waals surface area contributed by atoms with E-state index in [0.717, 1.165) is 5.41 Å². The maximum Gasteiger partial charge on any atom is -0.0261 e. The molecule has 4 fully saturated rings. The van der Waals surface area contributed by atoms with Crippen molar-refractivity contribution in [1.29, 1.82) is 0 Å². The van der Waals surface area contributed by atoms with Gasteiger partial charge in [-0.1, -0.05) is 6.42 Å². The molecule has 4 aliphatic carbocycles.